The number of rotatable bonds is 15. The predicted molar refractivity (Wildman–Crippen MR) is 96.2 cm³/mol. The van der Waals surface area contributed by atoms with Crippen LogP contribution in [0, 0.1) is 0 Å². The number of thiol groups is 2. The molecule has 2 unspecified atom stereocenters. The molecule has 0 aromatic heterocycles. The third-order valence-electron chi connectivity index (χ3n) is 3.78. The van der Waals surface area contributed by atoms with Gasteiger partial charge < -0.3 is 10.2 Å². The lowest BCUT2D eigenvalue weighted by atomic mass is 10.0. The zero-order valence-corrected chi connectivity index (χ0v) is 15.0. The Morgan fingerprint density at radius 2 is 0.818 bits per heavy atom. The second-order valence-corrected chi connectivity index (χ2v) is 7.07. The second kappa shape index (κ2) is 14.2. The van der Waals surface area contributed by atoms with E-state index in [0.29, 0.717) is 12.8 Å². The van der Waals surface area contributed by atoms with Crippen LogP contribution in [0.5, 0.6) is 0 Å². The van der Waals surface area contributed by atoms with Crippen molar-refractivity contribution in [1.82, 2.24) is 0 Å². The largest absolute Gasteiger partial charge is 0.480 e. The van der Waals surface area contributed by atoms with Gasteiger partial charge in [-0.2, -0.15) is 25.3 Å². The van der Waals surface area contributed by atoms with Crippen molar-refractivity contribution in [3.8, 4) is 0 Å². The van der Waals surface area contributed by atoms with Crippen molar-refractivity contribution in [2.24, 2.45) is 0 Å². The fourth-order valence-corrected chi connectivity index (χ4v) is 2.70. The molecule has 0 aliphatic heterocycles. The highest BCUT2D eigenvalue weighted by atomic mass is 32.1. The Balaban J connectivity index is 3.18. The number of hydrogen-bond donors (Lipinski definition) is 4. The average Bonchev–Trinajstić information content (AvgIpc) is 2.47. The minimum Gasteiger partial charge on any atom is -0.480 e. The smallest absolute Gasteiger partial charge is 0.316 e. The van der Waals surface area contributed by atoms with Crippen molar-refractivity contribution in [1.29, 1.82) is 0 Å². The van der Waals surface area contributed by atoms with Gasteiger partial charge in [0, 0.05) is 0 Å². The van der Waals surface area contributed by atoms with E-state index in [1.807, 2.05) is 0 Å². The lowest BCUT2D eigenvalue weighted by Crippen LogP contribution is -2.12. The molecule has 0 aliphatic carbocycles. The van der Waals surface area contributed by atoms with Crippen LogP contribution in [0.25, 0.3) is 0 Å². The van der Waals surface area contributed by atoms with Crippen LogP contribution in [0.3, 0.4) is 0 Å². The van der Waals surface area contributed by atoms with Crippen LogP contribution in [0.15, 0.2) is 0 Å². The number of carboxylic acid groups (broad SMARTS) is 2. The van der Waals surface area contributed by atoms with Gasteiger partial charge in [-0.05, 0) is 12.8 Å². The van der Waals surface area contributed by atoms with Gasteiger partial charge >= 0.3 is 11.9 Å². The monoisotopic (exact) mass is 350 g/mol. The van der Waals surface area contributed by atoms with E-state index in [1.54, 1.807) is 0 Å². The molecule has 0 radical (unpaired) electrons. The summed E-state index contributed by atoms with van der Waals surface area (Å²) >= 11 is 8.02. The van der Waals surface area contributed by atoms with Gasteiger partial charge in [0.1, 0.15) is 0 Å². The molecule has 130 valence electrons. The van der Waals surface area contributed by atoms with Gasteiger partial charge in [0.15, 0.2) is 0 Å². The van der Waals surface area contributed by atoms with Crippen LogP contribution in [0.2, 0.25) is 0 Å². The van der Waals surface area contributed by atoms with Gasteiger partial charge in [0.05, 0.1) is 10.5 Å². The lowest BCUT2D eigenvalue weighted by molar-refractivity contribution is -0.137. The number of hydrogen-bond acceptors (Lipinski definition) is 4. The highest BCUT2D eigenvalue weighted by molar-refractivity contribution is 7.82. The Kier molecular flexibility index (Phi) is 14.0. The molecule has 0 aromatic rings. The Morgan fingerprint density at radius 1 is 0.591 bits per heavy atom. The minimum absolute atomic E-state index is 0.516. The van der Waals surface area contributed by atoms with E-state index in [2.05, 4.69) is 25.3 Å². The molecule has 0 spiro atoms. The summed E-state index contributed by atoms with van der Waals surface area (Å²) in [7, 11) is 0. The number of carbonyl (C=O) groups is 2. The van der Waals surface area contributed by atoms with Crippen molar-refractivity contribution >= 4 is 37.2 Å². The highest BCUT2D eigenvalue weighted by Gasteiger charge is 2.11. The Hall–Kier alpha value is -0.360. The molecule has 0 amide bonds. The first kappa shape index (κ1) is 21.6. The first-order valence-corrected chi connectivity index (χ1v) is 9.30. The van der Waals surface area contributed by atoms with E-state index in [1.165, 1.54) is 38.5 Å². The fourth-order valence-electron chi connectivity index (χ4n) is 2.34. The molecule has 4 nitrogen and oxygen atoms in total. The maximum absolute atomic E-state index is 10.6. The number of unbranched alkanes of at least 4 members (excludes halogenated alkanes) is 9. The summed E-state index contributed by atoms with van der Waals surface area (Å²) in [6, 6.07) is 0. The van der Waals surface area contributed by atoms with Gasteiger partial charge in [0.2, 0.25) is 0 Å². The van der Waals surface area contributed by atoms with E-state index < -0.39 is 22.4 Å². The second-order valence-electron chi connectivity index (χ2n) is 5.82. The summed E-state index contributed by atoms with van der Waals surface area (Å²) < 4.78 is 0. The molecule has 0 aromatic carbocycles. The SMILES string of the molecule is O=C(O)C(S)CCCCCCCCCCCCC(S)C(=O)O. The Bertz CT molecular complexity index is 281. The third-order valence-corrected chi connectivity index (χ3v) is 4.73. The lowest BCUT2D eigenvalue weighted by Gasteiger charge is -2.06. The normalized spacial score (nSPS) is 13.7. The summed E-state index contributed by atoms with van der Waals surface area (Å²) in [6.07, 6.45) is 12.6. The fraction of sp³-hybridized carbons (Fsp3) is 0.875. The standard InChI is InChI=1S/C16H30O4S2/c17-15(18)13(21)11-9-7-5-3-1-2-4-6-8-10-12-14(22)16(19)20/h13-14,21-22H,1-12H2,(H,17,18)(H,19,20). The molecule has 0 bridgehead atoms. The van der Waals surface area contributed by atoms with Gasteiger partial charge in [0.25, 0.3) is 0 Å². The van der Waals surface area contributed by atoms with Gasteiger partial charge in [-0.1, -0.05) is 64.2 Å². The molecule has 22 heavy (non-hydrogen) atoms. The van der Waals surface area contributed by atoms with E-state index in [0.717, 1.165) is 25.7 Å². The molecule has 0 saturated heterocycles. The number of carboxylic acids is 2. The summed E-state index contributed by atoms with van der Waals surface area (Å²) in [5.41, 5.74) is 0. The molecule has 0 aliphatic rings. The molecule has 6 heteroatoms. The molecule has 0 saturated carbocycles. The zero-order chi connectivity index (χ0) is 16.8. The predicted octanol–water partition coefficient (Wildman–Crippen LogP) is 4.43. The van der Waals surface area contributed by atoms with Gasteiger partial charge in [-0.3, -0.25) is 9.59 Å². The summed E-state index contributed by atoms with van der Waals surface area (Å²) in [5.74, 6) is -1.65. The van der Waals surface area contributed by atoms with Gasteiger partial charge in [-0.15, -0.1) is 0 Å². The third kappa shape index (κ3) is 13.3. The molecule has 0 fully saturated rings. The van der Waals surface area contributed by atoms with Crippen molar-refractivity contribution in [3.05, 3.63) is 0 Å². The van der Waals surface area contributed by atoms with Crippen LogP contribution < -0.4 is 0 Å². The maximum atomic E-state index is 10.6. The molecule has 0 heterocycles. The Labute approximate surface area is 144 Å². The van der Waals surface area contributed by atoms with Crippen LogP contribution in [-0.4, -0.2) is 32.7 Å². The zero-order valence-electron chi connectivity index (χ0n) is 13.2. The van der Waals surface area contributed by atoms with Gasteiger partial charge in [-0.25, -0.2) is 0 Å². The molecular formula is C16H30O4S2. The summed E-state index contributed by atoms with van der Waals surface area (Å²) in [6.45, 7) is 0. The molecule has 0 rings (SSSR count). The number of aliphatic carboxylic acids is 2. The molecule has 2 atom stereocenters. The first-order valence-electron chi connectivity index (χ1n) is 8.27. The summed E-state index contributed by atoms with van der Waals surface area (Å²) in [4.78, 5) is 21.1. The van der Waals surface area contributed by atoms with Crippen molar-refractivity contribution in [2.75, 3.05) is 0 Å². The van der Waals surface area contributed by atoms with E-state index in [-0.39, 0.29) is 0 Å². The van der Waals surface area contributed by atoms with Crippen molar-refractivity contribution in [2.45, 2.75) is 87.5 Å². The topological polar surface area (TPSA) is 74.6 Å². The van der Waals surface area contributed by atoms with Crippen molar-refractivity contribution < 1.29 is 19.8 Å². The van der Waals surface area contributed by atoms with E-state index in [9.17, 15) is 9.59 Å². The van der Waals surface area contributed by atoms with Crippen molar-refractivity contribution in [3.63, 3.8) is 0 Å². The molecular weight excluding hydrogens is 320 g/mol. The van der Waals surface area contributed by atoms with E-state index in [4.69, 9.17) is 10.2 Å². The minimum atomic E-state index is -0.823. The molecule has 2 N–H and O–H groups in total. The van der Waals surface area contributed by atoms with Crippen LogP contribution in [-0.2, 0) is 9.59 Å². The van der Waals surface area contributed by atoms with Crippen LogP contribution >= 0.6 is 25.3 Å². The average molecular weight is 351 g/mol. The summed E-state index contributed by atoms with van der Waals surface area (Å²) in [5, 5.41) is 16.4. The first-order chi connectivity index (χ1) is 10.4. The Morgan fingerprint density at radius 3 is 1.05 bits per heavy atom. The van der Waals surface area contributed by atoms with E-state index >= 15 is 0 Å². The highest BCUT2D eigenvalue weighted by Crippen LogP contribution is 2.15. The maximum Gasteiger partial charge on any atom is 0.316 e. The quantitative estimate of drug-likeness (QED) is 0.260. The van der Waals surface area contributed by atoms with Crippen LogP contribution in [0.1, 0.15) is 77.0 Å². The van der Waals surface area contributed by atoms with Crippen LogP contribution in [0.4, 0.5) is 0 Å².